The molecule has 1 aliphatic heterocycles. The normalized spacial score (nSPS) is 17.9. The van der Waals surface area contributed by atoms with E-state index in [1.54, 1.807) is 13.3 Å². The number of ether oxygens (including phenoxy) is 2. The summed E-state index contributed by atoms with van der Waals surface area (Å²) in [5.41, 5.74) is 0.860. The molecule has 1 fully saturated rings. The number of aryl methyl sites for hydroxylation is 1. The number of nitrogens with zero attached hydrogens (tertiary/aromatic N) is 2. The van der Waals surface area contributed by atoms with Gasteiger partial charge in [0.2, 0.25) is 0 Å². The smallest absolute Gasteiger partial charge is 0.315 e. The quantitative estimate of drug-likeness (QED) is 0.838. The van der Waals surface area contributed by atoms with E-state index in [-0.39, 0.29) is 6.03 Å². The number of nitrogens with one attached hydrogen (secondary N) is 2. The average Bonchev–Trinajstić information content (AvgIpc) is 3.29. The summed E-state index contributed by atoms with van der Waals surface area (Å²) in [5, 5.41) is 5.96. The second-order valence-electron chi connectivity index (χ2n) is 6.16. The first-order valence-electron chi connectivity index (χ1n) is 8.41. The number of carbonyl (C=O) groups is 1. The first-order chi connectivity index (χ1) is 12.2. The van der Waals surface area contributed by atoms with Crippen LogP contribution in [0, 0.1) is 5.92 Å². The maximum absolute atomic E-state index is 12.4. The fourth-order valence-electron chi connectivity index (χ4n) is 3.01. The number of imidazole rings is 1. The number of urea groups is 1. The number of benzene rings is 1. The number of hydrogen-bond donors (Lipinski definition) is 2. The van der Waals surface area contributed by atoms with Gasteiger partial charge in [0.05, 0.1) is 13.7 Å². The monoisotopic (exact) mass is 344 g/mol. The van der Waals surface area contributed by atoms with Gasteiger partial charge in [0, 0.05) is 44.1 Å². The van der Waals surface area contributed by atoms with Crippen LogP contribution >= 0.6 is 0 Å². The summed E-state index contributed by atoms with van der Waals surface area (Å²) in [6.45, 7) is 2.08. The average molecular weight is 344 g/mol. The van der Waals surface area contributed by atoms with E-state index in [4.69, 9.17) is 9.47 Å². The van der Waals surface area contributed by atoms with Crippen molar-refractivity contribution in [3.8, 4) is 5.75 Å². The van der Waals surface area contributed by atoms with Gasteiger partial charge in [0.15, 0.2) is 0 Å². The SMILES string of the molecule is COc1ccccc1[C@@H](NC(=O)NC[C@@H]1CCOC1)c1nccn1C. The summed E-state index contributed by atoms with van der Waals surface area (Å²) < 4.78 is 12.7. The Bertz CT molecular complexity index is 710. The van der Waals surface area contributed by atoms with Crippen molar-refractivity contribution in [2.24, 2.45) is 13.0 Å². The van der Waals surface area contributed by atoms with Crippen LogP contribution < -0.4 is 15.4 Å². The standard InChI is InChI=1S/C18H24N4O3/c1-22-9-8-19-17(22)16(14-5-3-4-6-15(14)24-2)21-18(23)20-11-13-7-10-25-12-13/h3-6,8-9,13,16H,7,10-12H2,1-2H3,(H2,20,21,23)/t13-,16+/m0/s1. The second kappa shape index (κ2) is 8.02. The lowest BCUT2D eigenvalue weighted by Crippen LogP contribution is -2.41. The van der Waals surface area contributed by atoms with E-state index in [0.29, 0.717) is 24.8 Å². The Morgan fingerprint density at radius 2 is 2.32 bits per heavy atom. The van der Waals surface area contributed by atoms with Gasteiger partial charge in [0.1, 0.15) is 17.6 Å². The number of amides is 2. The molecule has 2 N–H and O–H groups in total. The lowest BCUT2D eigenvalue weighted by atomic mass is 10.0. The zero-order chi connectivity index (χ0) is 17.6. The molecule has 0 unspecified atom stereocenters. The number of aromatic nitrogens is 2. The maximum Gasteiger partial charge on any atom is 0.315 e. The second-order valence-corrected chi connectivity index (χ2v) is 6.16. The van der Waals surface area contributed by atoms with Gasteiger partial charge in [-0.05, 0) is 12.5 Å². The minimum absolute atomic E-state index is 0.231. The van der Waals surface area contributed by atoms with Gasteiger partial charge in [-0.1, -0.05) is 18.2 Å². The van der Waals surface area contributed by atoms with Crippen molar-refractivity contribution in [3.63, 3.8) is 0 Å². The molecule has 2 aromatic rings. The van der Waals surface area contributed by atoms with Crippen LogP contribution in [-0.4, -0.2) is 42.5 Å². The van der Waals surface area contributed by atoms with Crippen molar-refractivity contribution in [1.82, 2.24) is 20.2 Å². The van der Waals surface area contributed by atoms with Gasteiger partial charge >= 0.3 is 6.03 Å². The Balaban J connectivity index is 1.77. The summed E-state index contributed by atoms with van der Waals surface area (Å²) in [6, 6.07) is 6.99. The fourth-order valence-corrected chi connectivity index (χ4v) is 3.01. The van der Waals surface area contributed by atoms with Crippen molar-refractivity contribution < 1.29 is 14.3 Å². The van der Waals surface area contributed by atoms with E-state index in [2.05, 4.69) is 15.6 Å². The van der Waals surface area contributed by atoms with Crippen molar-refractivity contribution in [3.05, 3.63) is 48.0 Å². The topological polar surface area (TPSA) is 77.4 Å². The molecule has 7 heteroatoms. The van der Waals surface area contributed by atoms with Crippen LogP contribution in [0.15, 0.2) is 36.7 Å². The lowest BCUT2D eigenvalue weighted by molar-refractivity contribution is 0.185. The highest BCUT2D eigenvalue weighted by Crippen LogP contribution is 2.28. The third-order valence-corrected chi connectivity index (χ3v) is 4.42. The van der Waals surface area contributed by atoms with Gasteiger partial charge in [-0.15, -0.1) is 0 Å². The number of carbonyl (C=O) groups excluding carboxylic acids is 1. The van der Waals surface area contributed by atoms with Crippen LogP contribution in [0.3, 0.4) is 0 Å². The molecule has 1 aromatic carbocycles. The summed E-state index contributed by atoms with van der Waals surface area (Å²) >= 11 is 0. The molecule has 2 atom stereocenters. The van der Waals surface area contributed by atoms with Gasteiger partial charge in [0.25, 0.3) is 0 Å². The number of hydrogen-bond acceptors (Lipinski definition) is 4. The van der Waals surface area contributed by atoms with E-state index in [1.165, 1.54) is 0 Å². The molecule has 0 bridgehead atoms. The van der Waals surface area contributed by atoms with Crippen LogP contribution in [0.1, 0.15) is 23.9 Å². The van der Waals surface area contributed by atoms with E-state index in [1.807, 2.05) is 42.1 Å². The van der Waals surface area contributed by atoms with Crippen LogP contribution in [-0.2, 0) is 11.8 Å². The zero-order valence-corrected chi connectivity index (χ0v) is 14.6. The molecule has 0 saturated carbocycles. The highest BCUT2D eigenvalue weighted by atomic mass is 16.5. The highest BCUT2D eigenvalue weighted by molar-refractivity contribution is 5.75. The van der Waals surface area contributed by atoms with Crippen molar-refractivity contribution in [1.29, 1.82) is 0 Å². The molecule has 25 heavy (non-hydrogen) atoms. The summed E-state index contributed by atoms with van der Waals surface area (Å²) in [5.74, 6) is 1.83. The molecule has 3 rings (SSSR count). The van der Waals surface area contributed by atoms with E-state index in [0.717, 1.165) is 24.4 Å². The van der Waals surface area contributed by atoms with E-state index >= 15 is 0 Å². The summed E-state index contributed by atoms with van der Waals surface area (Å²) in [4.78, 5) is 16.9. The lowest BCUT2D eigenvalue weighted by Gasteiger charge is -2.22. The Labute approximate surface area is 147 Å². The van der Waals surface area contributed by atoms with E-state index < -0.39 is 6.04 Å². The molecule has 1 aromatic heterocycles. The number of methoxy groups -OCH3 is 1. The minimum Gasteiger partial charge on any atom is -0.496 e. The number of rotatable bonds is 6. The molecule has 2 heterocycles. The fraction of sp³-hybridized carbons (Fsp3) is 0.444. The molecule has 2 amide bonds. The Hall–Kier alpha value is -2.54. The van der Waals surface area contributed by atoms with Crippen molar-refractivity contribution in [2.45, 2.75) is 12.5 Å². The molecular formula is C18H24N4O3. The third-order valence-electron chi connectivity index (χ3n) is 4.42. The van der Waals surface area contributed by atoms with Gasteiger partial charge in [-0.3, -0.25) is 0 Å². The van der Waals surface area contributed by atoms with Crippen LogP contribution in [0.4, 0.5) is 4.79 Å². The first kappa shape index (κ1) is 17.3. The molecule has 1 saturated heterocycles. The minimum atomic E-state index is -0.407. The van der Waals surface area contributed by atoms with Crippen LogP contribution in [0.2, 0.25) is 0 Å². The van der Waals surface area contributed by atoms with E-state index in [9.17, 15) is 4.79 Å². The van der Waals surface area contributed by atoms with Crippen molar-refractivity contribution >= 4 is 6.03 Å². The predicted molar refractivity (Wildman–Crippen MR) is 93.5 cm³/mol. The summed E-state index contributed by atoms with van der Waals surface area (Å²) in [7, 11) is 3.52. The molecular weight excluding hydrogens is 320 g/mol. The predicted octanol–water partition coefficient (Wildman–Crippen LogP) is 1.85. The maximum atomic E-state index is 12.4. The summed E-state index contributed by atoms with van der Waals surface area (Å²) in [6.07, 6.45) is 4.55. The van der Waals surface area contributed by atoms with Gasteiger partial charge in [-0.25, -0.2) is 9.78 Å². The Kier molecular flexibility index (Phi) is 5.55. The molecule has 1 aliphatic rings. The number of para-hydroxylation sites is 1. The molecule has 134 valence electrons. The molecule has 0 radical (unpaired) electrons. The molecule has 7 nitrogen and oxygen atoms in total. The molecule has 0 spiro atoms. The van der Waals surface area contributed by atoms with Crippen molar-refractivity contribution in [2.75, 3.05) is 26.9 Å². The first-order valence-corrected chi connectivity index (χ1v) is 8.41. The van der Waals surface area contributed by atoms with Crippen LogP contribution in [0.5, 0.6) is 5.75 Å². The third kappa shape index (κ3) is 4.11. The Morgan fingerprint density at radius 3 is 3.00 bits per heavy atom. The largest absolute Gasteiger partial charge is 0.496 e. The Morgan fingerprint density at radius 1 is 1.48 bits per heavy atom. The molecule has 0 aliphatic carbocycles. The van der Waals surface area contributed by atoms with Crippen LogP contribution in [0.25, 0.3) is 0 Å². The van der Waals surface area contributed by atoms with Gasteiger partial charge in [-0.2, -0.15) is 0 Å². The zero-order valence-electron chi connectivity index (χ0n) is 14.6. The van der Waals surface area contributed by atoms with Gasteiger partial charge < -0.3 is 24.7 Å². The highest BCUT2D eigenvalue weighted by Gasteiger charge is 2.24.